The summed E-state index contributed by atoms with van der Waals surface area (Å²) in [6, 6.07) is 8.15. The van der Waals surface area contributed by atoms with Crippen molar-refractivity contribution in [3.63, 3.8) is 0 Å². The van der Waals surface area contributed by atoms with Crippen LogP contribution < -0.4 is 10.6 Å². The van der Waals surface area contributed by atoms with Gasteiger partial charge in [0.05, 0.1) is 11.4 Å². The maximum atomic E-state index is 12.1. The first-order valence-electron chi connectivity index (χ1n) is 7.62. The molecule has 3 rings (SSSR count). The van der Waals surface area contributed by atoms with Crippen LogP contribution in [0.3, 0.4) is 0 Å². The Balaban J connectivity index is 1.41. The van der Waals surface area contributed by atoms with Gasteiger partial charge in [-0.15, -0.1) is 22.7 Å². The first kappa shape index (κ1) is 16.4. The topological polar surface area (TPSA) is 44.4 Å². The van der Waals surface area contributed by atoms with Gasteiger partial charge in [-0.2, -0.15) is 0 Å². The number of nitrogens with zero attached hydrogens (tertiary/aromatic N) is 1. The van der Waals surface area contributed by atoms with E-state index >= 15 is 0 Å². The Bertz CT molecular complexity index is 632. The summed E-state index contributed by atoms with van der Waals surface area (Å²) in [4.78, 5) is 16.3. The van der Waals surface area contributed by atoms with Crippen molar-refractivity contribution >= 4 is 45.9 Å². The number of thiophene rings is 2. The van der Waals surface area contributed by atoms with E-state index in [1.54, 1.807) is 11.3 Å². The van der Waals surface area contributed by atoms with Gasteiger partial charge in [-0.25, -0.2) is 0 Å². The Labute approximate surface area is 149 Å². The highest BCUT2D eigenvalue weighted by Gasteiger charge is 2.22. The van der Waals surface area contributed by atoms with Gasteiger partial charge in [-0.05, 0) is 48.0 Å². The van der Waals surface area contributed by atoms with Crippen LogP contribution in [0.1, 0.15) is 27.4 Å². The number of hydrogen-bond acceptors (Lipinski definition) is 4. The average molecular weight is 366 g/mol. The average Bonchev–Trinajstić information content (AvgIpc) is 3.26. The molecule has 1 fully saturated rings. The smallest absolute Gasteiger partial charge is 0.261 e. The molecule has 0 aliphatic carbocycles. The van der Waals surface area contributed by atoms with E-state index in [2.05, 4.69) is 27.0 Å². The highest BCUT2D eigenvalue weighted by molar-refractivity contribution is 7.80. The molecule has 0 saturated carbocycles. The molecule has 7 heteroatoms. The standard InChI is InChI=1S/C16H19N3OS3/c20-15(14-4-2-10-23-14)18-12-5-7-19(8-6-12)16(21)17-11-13-3-1-9-22-13/h1-4,9-10,12H,5-8,11H2,(H,17,21)(H,18,20). The summed E-state index contributed by atoms with van der Waals surface area (Å²) in [7, 11) is 0. The van der Waals surface area contributed by atoms with E-state index < -0.39 is 0 Å². The number of amides is 1. The lowest BCUT2D eigenvalue weighted by atomic mass is 10.1. The third-order valence-corrected chi connectivity index (χ3v) is 6.00. The van der Waals surface area contributed by atoms with Crippen molar-refractivity contribution in [1.29, 1.82) is 0 Å². The molecule has 0 spiro atoms. The van der Waals surface area contributed by atoms with Gasteiger partial charge in [0.15, 0.2) is 5.11 Å². The lowest BCUT2D eigenvalue weighted by molar-refractivity contribution is 0.0926. The Morgan fingerprint density at radius 2 is 1.96 bits per heavy atom. The van der Waals surface area contributed by atoms with E-state index in [0.29, 0.717) is 0 Å². The van der Waals surface area contributed by atoms with Crippen molar-refractivity contribution in [2.24, 2.45) is 0 Å². The molecular weight excluding hydrogens is 346 g/mol. The quantitative estimate of drug-likeness (QED) is 0.818. The van der Waals surface area contributed by atoms with Gasteiger partial charge in [0.25, 0.3) is 5.91 Å². The molecule has 0 bridgehead atoms. The van der Waals surface area contributed by atoms with E-state index in [9.17, 15) is 4.79 Å². The number of carbonyl (C=O) groups excluding carboxylic acids is 1. The van der Waals surface area contributed by atoms with Crippen LogP contribution in [0.5, 0.6) is 0 Å². The lowest BCUT2D eigenvalue weighted by Crippen LogP contribution is -2.49. The highest BCUT2D eigenvalue weighted by Crippen LogP contribution is 2.14. The maximum Gasteiger partial charge on any atom is 0.261 e. The van der Waals surface area contributed by atoms with Crippen LogP contribution in [0.15, 0.2) is 35.0 Å². The van der Waals surface area contributed by atoms with Crippen molar-refractivity contribution < 1.29 is 4.79 Å². The van der Waals surface area contributed by atoms with Crippen LogP contribution in [0, 0.1) is 0 Å². The Kier molecular flexibility index (Phi) is 5.64. The molecule has 0 aromatic carbocycles. The van der Waals surface area contributed by atoms with Crippen LogP contribution in [-0.2, 0) is 6.54 Å². The molecule has 2 N–H and O–H groups in total. The van der Waals surface area contributed by atoms with E-state index in [-0.39, 0.29) is 11.9 Å². The number of piperidine rings is 1. The fraction of sp³-hybridized carbons (Fsp3) is 0.375. The van der Waals surface area contributed by atoms with Crippen LogP contribution in [0.4, 0.5) is 0 Å². The largest absolute Gasteiger partial charge is 0.358 e. The summed E-state index contributed by atoms with van der Waals surface area (Å²) in [5, 5.41) is 11.2. The molecule has 0 radical (unpaired) electrons. The minimum atomic E-state index is 0.0387. The summed E-state index contributed by atoms with van der Waals surface area (Å²) < 4.78 is 0. The first-order chi connectivity index (χ1) is 11.2. The van der Waals surface area contributed by atoms with Crippen LogP contribution in [0.2, 0.25) is 0 Å². The molecule has 122 valence electrons. The van der Waals surface area contributed by atoms with E-state index in [4.69, 9.17) is 12.2 Å². The van der Waals surface area contributed by atoms with Crippen molar-refractivity contribution in [3.8, 4) is 0 Å². The van der Waals surface area contributed by atoms with E-state index in [1.807, 2.05) is 23.6 Å². The van der Waals surface area contributed by atoms with Gasteiger partial charge in [0.2, 0.25) is 0 Å². The first-order valence-corrected chi connectivity index (χ1v) is 9.78. The molecule has 4 nitrogen and oxygen atoms in total. The highest BCUT2D eigenvalue weighted by atomic mass is 32.1. The molecule has 0 unspecified atom stereocenters. The zero-order valence-electron chi connectivity index (χ0n) is 12.7. The summed E-state index contributed by atoms with van der Waals surface area (Å²) in [5.41, 5.74) is 0. The second-order valence-corrected chi connectivity index (χ2v) is 7.82. The van der Waals surface area contributed by atoms with E-state index in [1.165, 1.54) is 16.2 Å². The molecule has 1 saturated heterocycles. The maximum absolute atomic E-state index is 12.1. The Morgan fingerprint density at radius 3 is 2.61 bits per heavy atom. The molecule has 1 aliphatic rings. The molecule has 1 aliphatic heterocycles. The molecule has 2 aromatic heterocycles. The van der Waals surface area contributed by atoms with Crippen LogP contribution >= 0.6 is 34.9 Å². The van der Waals surface area contributed by atoms with Crippen molar-refractivity contribution in [3.05, 3.63) is 44.8 Å². The molecule has 23 heavy (non-hydrogen) atoms. The molecular formula is C16H19N3OS3. The fourth-order valence-electron chi connectivity index (χ4n) is 2.58. The van der Waals surface area contributed by atoms with Gasteiger partial charge >= 0.3 is 0 Å². The van der Waals surface area contributed by atoms with Crippen molar-refractivity contribution in [1.82, 2.24) is 15.5 Å². The SMILES string of the molecule is O=C(NC1CCN(C(=S)NCc2cccs2)CC1)c1cccs1. The number of thiocarbonyl (C=S) groups is 1. The third-order valence-electron chi connectivity index (χ3n) is 3.86. The second kappa shape index (κ2) is 7.90. The molecule has 3 heterocycles. The molecule has 0 atom stereocenters. The summed E-state index contributed by atoms with van der Waals surface area (Å²) in [6.45, 7) is 2.54. The number of nitrogens with one attached hydrogen (secondary N) is 2. The number of hydrogen-bond donors (Lipinski definition) is 2. The Hall–Kier alpha value is -1.44. The fourth-order valence-corrected chi connectivity index (χ4v) is 4.11. The van der Waals surface area contributed by atoms with Gasteiger partial charge in [0.1, 0.15) is 0 Å². The van der Waals surface area contributed by atoms with Crippen LogP contribution in [0.25, 0.3) is 0 Å². The van der Waals surface area contributed by atoms with Gasteiger partial charge in [-0.3, -0.25) is 4.79 Å². The van der Waals surface area contributed by atoms with Gasteiger partial charge < -0.3 is 15.5 Å². The monoisotopic (exact) mass is 365 g/mol. The third kappa shape index (κ3) is 4.53. The molecule has 2 aromatic rings. The summed E-state index contributed by atoms with van der Waals surface area (Å²) in [6.07, 6.45) is 1.86. The molecule has 1 amide bonds. The number of likely N-dealkylation sites (tertiary alicyclic amines) is 1. The normalized spacial score (nSPS) is 15.4. The van der Waals surface area contributed by atoms with Gasteiger partial charge in [0, 0.05) is 24.0 Å². The van der Waals surface area contributed by atoms with Crippen molar-refractivity contribution in [2.45, 2.75) is 25.4 Å². The summed E-state index contributed by atoms with van der Waals surface area (Å²) in [5.74, 6) is 0.0387. The predicted molar refractivity (Wildman–Crippen MR) is 100 cm³/mol. The second-order valence-electron chi connectivity index (χ2n) is 5.45. The number of carbonyl (C=O) groups is 1. The summed E-state index contributed by atoms with van der Waals surface area (Å²) >= 11 is 8.68. The number of rotatable bonds is 4. The van der Waals surface area contributed by atoms with Crippen molar-refractivity contribution in [2.75, 3.05) is 13.1 Å². The minimum Gasteiger partial charge on any atom is -0.358 e. The predicted octanol–water partition coefficient (Wildman–Crippen LogP) is 3.08. The zero-order valence-corrected chi connectivity index (χ0v) is 15.1. The van der Waals surface area contributed by atoms with Crippen LogP contribution in [-0.4, -0.2) is 35.1 Å². The zero-order chi connectivity index (χ0) is 16.1. The minimum absolute atomic E-state index is 0.0387. The van der Waals surface area contributed by atoms with E-state index in [0.717, 1.165) is 42.5 Å². The van der Waals surface area contributed by atoms with Gasteiger partial charge in [-0.1, -0.05) is 12.1 Å². The lowest BCUT2D eigenvalue weighted by Gasteiger charge is -2.34. The Morgan fingerprint density at radius 1 is 1.22 bits per heavy atom.